The standard InChI is InChI=1S/C12H19Br/c1-12(2)5-9-7-3-8(10(9)6-12)11(13)4-7/h7-11H,3-6H2,1-2H3. The number of halogens is 1. The Morgan fingerprint density at radius 3 is 2.46 bits per heavy atom. The number of rotatable bonds is 0. The quantitative estimate of drug-likeness (QED) is 0.567. The predicted molar refractivity (Wildman–Crippen MR) is 58.9 cm³/mol. The van der Waals surface area contributed by atoms with Gasteiger partial charge >= 0.3 is 0 Å². The van der Waals surface area contributed by atoms with Gasteiger partial charge in [0.2, 0.25) is 0 Å². The summed E-state index contributed by atoms with van der Waals surface area (Å²) in [6, 6.07) is 0. The van der Waals surface area contributed by atoms with Crippen LogP contribution in [-0.2, 0) is 0 Å². The average molecular weight is 243 g/mol. The molecule has 2 bridgehead atoms. The maximum Gasteiger partial charge on any atom is 0.0179 e. The van der Waals surface area contributed by atoms with Crippen molar-refractivity contribution in [3.05, 3.63) is 0 Å². The molecule has 0 N–H and O–H groups in total. The molecule has 0 amide bonds. The van der Waals surface area contributed by atoms with Gasteiger partial charge in [-0.2, -0.15) is 0 Å². The van der Waals surface area contributed by atoms with Crippen molar-refractivity contribution in [2.75, 3.05) is 0 Å². The summed E-state index contributed by atoms with van der Waals surface area (Å²) < 4.78 is 0. The Morgan fingerprint density at radius 1 is 1.00 bits per heavy atom. The Labute approximate surface area is 89.6 Å². The molecular weight excluding hydrogens is 224 g/mol. The van der Waals surface area contributed by atoms with Crippen LogP contribution in [-0.4, -0.2) is 4.83 Å². The summed E-state index contributed by atoms with van der Waals surface area (Å²) in [5.41, 5.74) is 0.656. The monoisotopic (exact) mass is 242 g/mol. The van der Waals surface area contributed by atoms with E-state index in [1.165, 1.54) is 19.3 Å². The molecule has 0 aromatic heterocycles. The Kier molecular flexibility index (Phi) is 1.71. The molecule has 13 heavy (non-hydrogen) atoms. The lowest BCUT2D eigenvalue weighted by atomic mass is 9.82. The maximum atomic E-state index is 3.87. The highest BCUT2D eigenvalue weighted by Crippen LogP contribution is 2.64. The van der Waals surface area contributed by atoms with E-state index in [0.717, 1.165) is 28.5 Å². The van der Waals surface area contributed by atoms with E-state index >= 15 is 0 Å². The second-order valence-corrected chi connectivity index (χ2v) is 7.49. The first-order valence-electron chi connectivity index (χ1n) is 5.71. The third kappa shape index (κ3) is 1.15. The second kappa shape index (κ2) is 2.53. The van der Waals surface area contributed by atoms with Gasteiger partial charge in [-0.3, -0.25) is 0 Å². The smallest absolute Gasteiger partial charge is 0.0179 e. The molecule has 5 unspecified atom stereocenters. The Bertz CT molecular complexity index is 233. The lowest BCUT2D eigenvalue weighted by molar-refractivity contribution is 0.268. The highest BCUT2D eigenvalue weighted by molar-refractivity contribution is 9.09. The van der Waals surface area contributed by atoms with Crippen LogP contribution >= 0.6 is 15.9 Å². The van der Waals surface area contributed by atoms with E-state index in [4.69, 9.17) is 0 Å². The summed E-state index contributed by atoms with van der Waals surface area (Å²) >= 11 is 3.87. The number of fused-ring (bicyclic) bond motifs is 5. The summed E-state index contributed by atoms with van der Waals surface area (Å²) in [5, 5.41) is 0. The minimum absolute atomic E-state index is 0.656. The van der Waals surface area contributed by atoms with Gasteiger partial charge < -0.3 is 0 Å². The van der Waals surface area contributed by atoms with Crippen molar-refractivity contribution in [3.8, 4) is 0 Å². The van der Waals surface area contributed by atoms with Gasteiger partial charge in [-0.1, -0.05) is 29.8 Å². The Morgan fingerprint density at radius 2 is 1.69 bits per heavy atom. The van der Waals surface area contributed by atoms with E-state index in [1.807, 2.05) is 0 Å². The molecule has 3 rings (SSSR count). The first-order valence-corrected chi connectivity index (χ1v) is 6.62. The van der Waals surface area contributed by atoms with Crippen LogP contribution in [0.4, 0.5) is 0 Å². The van der Waals surface area contributed by atoms with Gasteiger partial charge in [0.1, 0.15) is 0 Å². The van der Waals surface area contributed by atoms with Crippen molar-refractivity contribution in [3.63, 3.8) is 0 Å². The van der Waals surface area contributed by atoms with Crippen molar-refractivity contribution in [1.82, 2.24) is 0 Å². The molecule has 0 aromatic carbocycles. The second-order valence-electron chi connectivity index (χ2n) is 6.31. The topological polar surface area (TPSA) is 0 Å². The highest BCUT2D eigenvalue weighted by Gasteiger charge is 2.56. The van der Waals surface area contributed by atoms with Gasteiger partial charge in [0.05, 0.1) is 0 Å². The number of hydrogen-bond acceptors (Lipinski definition) is 0. The van der Waals surface area contributed by atoms with Crippen molar-refractivity contribution in [2.45, 2.75) is 44.4 Å². The number of hydrogen-bond donors (Lipinski definition) is 0. The normalized spacial score (nSPS) is 57.0. The summed E-state index contributed by atoms with van der Waals surface area (Å²) in [6.45, 7) is 4.93. The highest BCUT2D eigenvalue weighted by atomic mass is 79.9. The fourth-order valence-corrected chi connectivity index (χ4v) is 5.59. The van der Waals surface area contributed by atoms with Crippen LogP contribution in [0, 0.1) is 29.1 Å². The van der Waals surface area contributed by atoms with E-state index in [2.05, 4.69) is 29.8 Å². The molecule has 0 radical (unpaired) electrons. The Balaban J connectivity index is 1.87. The first kappa shape index (κ1) is 8.76. The van der Waals surface area contributed by atoms with Gasteiger partial charge in [-0.05, 0) is 54.8 Å². The molecule has 0 aromatic rings. The molecule has 3 saturated carbocycles. The molecular formula is C12H19Br. The van der Waals surface area contributed by atoms with E-state index in [1.54, 1.807) is 6.42 Å². The third-order valence-electron chi connectivity index (χ3n) is 4.85. The van der Waals surface area contributed by atoms with E-state index in [-0.39, 0.29) is 0 Å². The molecule has 5 atom stereocenters. The van der Waals surface area contributed by atoms with Crippen LogP contribution < -0.4 is 0 Å². The summed E-state index contributed by atoms with van der Waals surface area (Å²) in [7, 11) is 0. The van der Waals surface area contributed by atoms with E-state index in [0.29, 0.717) is 5.41 Å². The third-order valence-corrected chi connectivity index (χ3v) is 5.90. The largest absolute Gasteiger partial charge is 0.0887 e. The first-order chi connectivity index (χ1) is 6.07. The van der Waals surface area contributed by atoms with Crippen molar-refractivity contribution in [2.24, 2.45) is 29.1 Å². The fourth-order valence-electron chi connectivity index (χ4n) is 4.50. The molecule has 0 spiro atoms. The lowest BCUT2D eigenvalue weighted by Gasteiger charge is -2.27. The molecule has 3 aliphatic carbocycles. The molecule has 0 heterocycles. The zero-order valence-electron chi connectivity index (χ0n) is 8.59. The Hall–Kier alpha value is 0.480. The molecule has 1 heteroatoms. The number of alkyl halides is 1. The molecule has 0 nitrogen and oxygen atoms in total. The van der Waals surface area contributed by atoms with E-state index < -0.39 is 0 Å². The van der Waals surface area contributed by atoms with Crippen molar-refractivity contribution >= 4 is 15.9 Å². The summed E-state index contributed by atoms with van der Waals surface area (Å²) in [4.78, 5) is 0.868. The van der Waals surface area contributed by atoms with Gasteiger partial charge in [-0.25, -0.2) is 0 Å². The van der Waals surface area contributed by atoms with Crippen molar-refractivity contribution < 1.29 is 0 Å². The van der Waals surface area contributed by atoms with Gasteiger partial charge in [0.25, 0.3) is 0 Å². The van der Waals surface area contributed by atoms with Crippen LogP contribution in [0.2, 0.25) is 0 Å². The molecule has 3 aliphatic rings. The van der Waals surface area contributed by atoms with E-state index in [9.17, 15) is 0 Å². The minimum Gasteiger partial charge on any atom is -0.0887 e. The van der Waals surface area contributed by atoms with Gasteiger partial charge in [0.15, 0.2) is 0 Å². The molecule has 0 aliphatic heterocycles. The molecule has 74 valence electrons. The summed E-state index contributed by atoms with van der Waals surface area (Å²) in [5.74, 6) is 4.31. The zero-order chi connectivity index (χ0) is 9.22. The average Bonchev–Trinajstić information content (AvgIpc) is 2.56. The fraction of sp³-hybridized carbons (Fsp3) is 1.00. The summed E-state index contributed by atoms with van der Waals surface area (Å²) in [6.07, 6.45) is 6.03. The zero-order valence-corrected chi connectivity index (χ0v) is 10.2. The van der Waals surface area contributed by atoms with Crippen LogP contribution in [0.1, 0.15) is 39.5 Å². The van der Waals surface area contributed by atoms with Gasteiger partial charge in [0, 0.05) is 4.83 Å². The van der Waals surface area contributed by atoms with Crippen LogP contribution in [0.3, 0.4) is 0 Å². The lowest BCUT2D eigenvalue weighted by Crippen LogP contribution is -2.24. The van der Waals surface area contributed by atoms with Crippen LogP contribution in [0.25, 0.3) is 0 Å². The van der Waals surface area contributed by atoms with Crippen LogP contribution in [0.15, 0.2) is 0 Å². The maximum absolute atomic E-state index is 3.87. The predicted octanol–water partition coefficient (Wildman–Crippen LogP) is 3.84. The minimum atomic E-state index is 0.656. The van der Waals surface area contributed by atoms with Crippen LogP contribution in [0.5, 0.6) is 0 Å². The molecule has 3 fully saturated rings. The molecule has 0 saturated heterocycles. The van der Waals surface area contributed by atoms with Crippen molar-refractivity contribution in [1.29, 1.82) is 0 Å². The SMILES string of the molecule is CC1(C)CC2C3CC(Br)C(C3)C2C1. The van der Waals surface area contributed by atoms with Gasteiger partial charge in [-0.15, -0.1) is 0 Å².